The van der Waals surface area contributed by atoms with E-state index in [1.165, 1.54) is 4.68 Å². The van der Waals surface area contributed by atoms with Crippen LogP contribution in [-0.2, 0) is 7.05 Å². The molecule has 0 fully saturated rings. The van der Waals surface area contributed by atoms with Gasteiger partial charge in [-0.05, 0) is 30.0 Å². The van der Waals surface area contributed by atoms with Gasteiger partial charge in [0.15, 0.2) is 5.16 Å². The van der Waals surface area contributed by atoms with Gasteiger partial charge in [0.25, 0.3) is 0 Å². The van der Waals surface area contributed by atoms with Crippen molar-refractivity contribution < 1.29 is 0 Å². The fourth-order valence-electron chi connectivity index (χ4n) is 1.45. The van der Waals surface area contributed by atoms with E-state index in [1.54, 1.807) is 25.2 Å². The Morgan fingerprint density at radius 2 is 2.20 bits per heavy atom. The maximum absolute atomic E-state index is 11.3. The molecule has 1 heterocycles. The Morgan fingerprint density at radius 3 is 2.85 bits per heavy atom. The average Bonchev–Trinajstić information content (AvgIpc) is 2.35. The van der Waals surface area contributed by atoms with Crippen molar-refractivity contribution in [3.63, 3.8) is 0 Å². The summed E-state index contributed by atoms with van der Waals surface area (Å²) in [7, 11) is 1.57. The molecular weight excluding hydrogens is 346 g/mol. The molecule has 0 saturated heterocycles. The Morgan fingerprint density at radius 1 is 1.50 bits per heavy atom. The number of benzene rings is 1. The van der Waals surface area contributed by atoms with Gasteiger partial charge in [-0.1, -0.05) is 15.9 Å². The molecule has 0 bridgehead atoms. The number of rotatable bonds is 3. The number of nitrogen functional groups attached to an aromatic ring is 1. The molecule has 2 aromatic rings. The van der Waals surface area contributed by atoms with Gasteiger partial charge in [-0.3, -0.25) is 24.8 Å². The summed E-state index contributed by atoms with van der Waals surface area (Å²) in [5.74, 6) is -0.0885. The second-order valence-corrected chi connectivity index (χ2v) is 5.78. The number of aryl methyl sites for hydroxylation is 1. The fraction of sp³-hybridized carbons (Fsp3) is 0.0909. The SMILES string of the molecule is Cn1[nH]c(=O)c(=O)nc1Sc1cc(Br)ccc1C(=N)N. The number of hydrogen-bond donors (Lipinski definition) is 3. The van der Waals surface area contributed by atoms with Crippen LogP contribution in [-0.4, -0.2) is 20.6 Å². The van der Waals surface area contributed by atoms with E-state index >= 15 is 0 Å². The average molecular weight is 356 g/mol. The van der Waals surface area contributed by atoms with Crippen molar-refractivity contribution in [1.82, 2.24) is 14.8 Å². The molecule has 104 valence electrons. The van der Waals surface area contributed by atoms with E-state index in [4.69, 9.17) is 11.1 Å². The van der Waals surface area contributed by atoms with Gasteiger partial charge in [-0.2, -0.15) is 4.98 Å². The Bertz CT molecular complexity index is 798. The molecule has 2 rings (SSSR count). The van der Waals surface area contributed by atoms with E-state index in [-0.39, 0.29) is 5.84 Å². The second kappa shape index (κ2) is 5.63. The van der Waals surface area contributed by atoms with Crippen LogP contribution in [0.3, 0.4) is 0 Å². The third-order valence-corrected chi connectivity index (χ3v) is 3.98. The third kappa shape index (κ3) is 2.99. The Balaban J connectivity index is 2.52. The first-order valence-corrected chi connectivity index (χ1v) is 6.98. The summed E-state index contributed by atoms with van der Waals surface area (Å²) in [5.41, 5.74) is 4.41. The number of halogens is 1. The van der Waals surface area contributed by atoms with Gasteiger partial charge < -0.3 is 5.73 Å². The number of aromatic nitrogens is 3. The largest absolute Gasteiger partial charge is 0.384 e. The quantitative estimate of drug-likeness (QED) is 0.424. The van der Waals surface area contributed by atoms with Gasteiger partial charge in [0.2, 0.25) is 0 Å². The molecule has 0 amide bonds. The summed E-state index contributed by atoms with van der Waals surface area (Å²) in [6.45, 7) is 0. The smallest absolute Gasteiger partial charge is 0.339 e. The van der Waals surface area contributed by atoms with Crippen molar-refractivity contribution >= 4 is 33.5 Å². The lowest BCUT2D eigenvalue weighted by atomic mass is 10.2. The molecule has 9 heteroatoms. The van der Waals surface area contributed by atoms with Crippen molar-refractivity contribution in [3.05, 3.63) is 48.9 Å². The zero-order valence-corrected chi connectivity index (χ0v) is 12.7. The predicted molar refractivity (Wildman–Crippen MR) is 79.4 cm³/mol. The van der Waals surface area contributed by atoms with Crippen molar-refractivity contribution in [1.29, 1.82) is 5.41 Å². The standard InChI is InChI=1S/C11H10BrN5O2S/c1-17-11(15-9(18)10(19)16-17)20-7-4-5(12)2-3-6(7)8(13)14/h2-4H,1H3,(H3,13,14)(H,16,19). The number of hydrogen-bond acceptors (Lipinski definition) is 5. The van der Waals surface area contributed by atoms with Crippen LogP contribution in [0, 0.1) is 5.41 Å². The molecular formula is C11H10BrN5O2S. The molecule has 0 atom stereocenters. The minimum Gasteiger partial charge on any atom is -0.384 e. The topological polar surface area (TPSA) is 118 Å². The van der Waals surface area contributed by atoms with Crippen LogP contribution in [0.2, 0.25) is 0 Å². The Labute approximate surface area is 125 Å². The first-order chi connectivity index (χ1) is 9.38. The molecule has 1 aromatic carbocycles. The number of nitrogens with one attached hydrogen (secondary N) is 2. The van der Waals surface area contributed by atoms with Crippen molar-refractivity contribution in [2.24, 2.45) is 12.8 Å². The predicted octanol–water partition coefficient (Wildman–Crippen LogP) is 0.666. The summed E-state index contributed by atoms with van der Waals surface area (Å²) >= 11 is 4.47. The minimum atomic E-state index is -0.857. The van der Waals surface area contributed by atoms with Crippen LogP contribution >= 0.6 is 27.7 Å². The number of H-pyrrole nitrogens is 1. The number of nitrogens with zero attached hydrogens (tertiary/aromatic N) is 2. The van der Waals surface area contributed by atoms with E-state index in [0.29, 0.717) is 15.6 Å². The number of aromatic amines is 1. The molecule has 0 aliphatic carbocycles. The maximum atomic E-state index is 11.3. The Kier molecular flexibility index (Phi) is 4.09. The van der Waals surface area contributed by atoms with E-state index in [1.807, 2.05) is 0 Å². The van der Waals surface area contributed by atoms with Crippen LogP contribution in [0.25, 0.3) is 0 Å². The zero-order chi connectivity index (χ0) is 14.9. The molecule has 0 aliphatic heterocycles. The molecule has 0 saturated carbocycles. The first kappa shape index (κ1) is 14.5. The normalized spacial score (nSPS) is 10.5. The van der Waals surface area contributed by atoms with Crippen LogP contribution in [0.4, 0.5) is 0 Å². The molecule has 7 nitrogen and oxygen atoms in total. The zero-order valence-electron chi connectivity index (χ0n) is 10.3. The molecule has 0 spiro atoms. The molecule has 4 N–H and O–H groups in total. The van der Waals surface area contributed by atoms with E-state index in [9.17, 15) is 9.59 Å². The van der Waals surface area contributed by atoms with Gasteiger partial charge >= 0.3 is 11.1 Å². The van der Waals surface area contributed by atoms with Gasteiger partial charge in [0, 0.05) is 22.0 Å². The van der Waals surface area contributed by atoms with Crippen molar-refractivity contribution in [3.8, 4) is 0 Å². The number of nitrogens with two attached hydrogens (primary N) is 1. The maximum Gasteiger partial charge on any atom is 0.339 e. The lowest BCUT2D eigenvalue weighted by Gasteiger charge is -2.10. The lowest BCUT2D eigenvalue weighted by Crippen LogP contribution is -2.33. The van der Waals surface area contributed by atoms with Gasteiger partial charge in [-0.15, -0.1) is 0 Å². The summed E-state index contributed by atoms with van der Waals surface area (Å²) < 4.78 is 2.15. The Hall–Kier alpha value is -1.87. The molecule has 0 radical (unpaired) electrons. The van der Waals surface area contributed by atoms with Gasteiger partial charge in [-0.25, -0.2) is 0 Å². The highest BCUT2D eigenvalue weighted by Crippen LogP contribution is 2.30. The molecule has 0 unspecified atom stereocenters. The van der Waals surface area contributed by atoms with E-state index < -0.39 is 11.1 Å². The van der Waals surface area contributed by atoms with Gasteiger partial charge in [0.1, 0.15) is 5.84 Å². The van der Waals surface area contributed by atoms with Crippen LogP contribution in [0.15, 0.2) is 42.3 Å². The van der Waals surface area contributed by atoms with Crippen LogP contribution in [0.5, 0.6) is 0 Å². The third-order valence-electron chi connectivity index (χ3n) is 2.38. The lowest BCUT2D eigenvalue weighted by molar-refractivity contribution is 0.596. The summed E-state index contributed by atoms with van der Waals surface area (Å²) in [4.78, 5) is 26.8. The fourth-order valence-corrected chi connectivity index (χ4v) is 2.95. The summed E-state index contributed by atoms with van der Waals surface area (Å²) in [6, 6.07) is 5.22. The highest BCUT2D eigenvalue weighted by Gasteiger charge is 2.11. The molecule has 20 heavy (non-hydrogen) atoms. The highest BCUT2D eigenvalue weighted by molar-refractivity contribution is 9.10. The second-order valence-electron chi connectivity index (χ2n) is 3.86. The molecule has 1 aromatic heterocycles. The molecule has 0 aliphatic rings. The van der Waals surface area contributed by atoms with Crippen molar-refractivity contribution in [2.75, 3.05) is 0 Å². The van der Waals surface area contributed by atoms with Crippen molar-refractivity contribution in [2.45, 2.75) is 10.1 Å². The van der Waals surface area contributed by atoms with Gasteiger partial charge in [0.05, 0.1) is 0 Å². The minimum absolute atomic E-state index is 0.0885. The first-order valence-electron chi connectivity index (χ1n) is 5.37. The van der Waals surface area contributed by atoms with E-state index in [2.05, 4.69) is 26.0 Å². The van der Waals surface area contributed by atoms with Crippen LogP contribution in [0.1, 0.15) is 5.56 Å². The number of amidine groups is 1. The summed E-state index contributed by atoms with van der Waals surface area (Å²) in [5, 5.41) is 10.2. The highest BCUT2D eigenvalue weighted by atomic mass is 79.9. The van der Waals surface area contributed by atoms with Crippen LogP contribution < -0.4 is 16.9 Å². The summed E-state index contributed by atoms with van der Waals surface area (Å²) in [6.07, 6.45) is 0. The van der Waals surface area contributed by atoms with E-state index in [0.717, 1.165) is 16.2 Å². The monoisotopic (exact) mass is 355 g/mol.